The van der Waals surface area contributed by atoms with E-state index in [0.717, 1.165) is 5.56 Å². The fourth-order valence-electron chi connectivity index (χ4n) is 2.12. The number of carbonyl (C=O) groups excluding carboxylic acids is 1. The van der Waals surface area contributed by atoms with Crippen LogP contribution in [0.25, 0.3) is 0 Å². The van der Waals surface area contributed by atoms with Crippen LogP contribution in [0.2, 0.25) is 5.02 Å². The van der Waals surface area contributed by atoms with Crippen molar-refractivity contribution in [2.75, 3.05) is 7.11 Å². The van der Waals surface area contributed by atoms with E-state index >= 15 is 0 Å². The number of benzene rings is 2. The predicted octanol–water partition coefficient (Wildman–Crippen LogP) is 4.15. The van der Waals surface area contributed by atoms with Crippen molar-refractivity contribution < 1.29 is 9.53 Å². The lowest BCUT2D eigenvalue weighted by atomic mass is 9.91. The fourth-order valence-corrected chi connectivity index (χ4v) is 2.36. The Morgan fingerprint density at radius 3 is 2.62 bits per heavy atom. The molecule has 1 atom stereocenters. The molecule has 0 spiro atoms. The highest BCUT2D eigenvalue weighted by Gasteiger charge is 2.24. The number of aryl methyl sites for hydroxylation is 1. The first kappa shape index (κ1) is 15.1. The van der Waals surface area contributed by atoms with Crippen molar-refractivity contribution in [3.05, 3.63) is 64.2 Å². The SMILES string of the molecule is COc1cc(C(=O)C(C#N)c2ccccc2Cl)ccc1C. The van der Waals surface area contributed by atoms with Crippen LogP contribution >= 0.6 is 11.6 Å². The van der Waals surface area contributed by atoms with Crippen LogP contribution in [0, 0.1) is 18.3 Å². The maximum absolute atomic E-state index is 12.6. The molecule has 4 heteroatoms. The van der Waals surface area contributed by atoms with Gasteiger partial charge in [-0.2, -0.15) is 5.26 Å². The first-order valence-corrected chi connectivity index (χ1v) is 6.79. The van der Waals surface area contributed by atoms with E-state index in [0.29, 0.717) is 21.9 Å². The Hall–Kier alpha value is -2.31. The third kappa shape index (κ3) is 3.07. The summed E-state index contributed by atoms with van der Waals surface area (Å²) in [6, 6.07) is 14.1. The largest absolute Gasteiger partial charge is 0.496 e. The summed E-state index contributed by atoms with van der Waals surface area (Å²) in [6.07, 6.45) is 0. The predicted molar refractivity (Wildman–Crippen MR) is 81.9 cm³/mol. The monoisotopic (exact) mass is 299 g/mol. The second kappa shape index (κ2) is 6.43. The smallest absolute Gasteiger partial charge is 0.184 e. The second-order valence-corrected chi connectivity index (χ2v) is 5.04. The summed E-state index contributed by atoms with van der Waals surface area (Å²) in [7, 11) is 1.55. The molecule has 0 saturated carbocycles. The zero-order valence-electron chi connectivity index (χ0n) is 11.8. The minimum Gasteiger partial charge on any atom is -0.496 e. The molecule has 0 bridgehead atoms. The van der Waals surface area contributed by atoms with E-state index in [1.807, 2.05) is 13.0 Å². The minimum absolute atomic E-state index is 0.288. The topological polar surface area (TPSA) is 50.1 Å². The summed E-state index contributed by atoms with van der Waals surface area (Å²) in [5, 5.41) is 9.77. The van der Waals surface area contributed by atoms with Gasteiger partial charge in [0.15, 0.2) is 5.78 Å². The Bertz CT molecular complexity index is 719. The average molecular weight is 300 g/mol. The lowest BCUT2D eigenvalue weighted by Gasteiger charge is -2.12. The lowest BCUT2D eigenvalue weighted by Crippen LogP contribution is -2.12. The van der Waals surface area contributed by atoms with Gasteiger partial charge < -0.3 is 4.74 Å². The molecule has 0 aromatic heterocycles. The molecule has 0 heterocycles. The van der Waals surface area contributed by atoms with Gasteiger partial charge in [0, 0.05) is 10.6 Å². The van der Waals surface area contributed by atoms with Gasteiger partial charge >= 0.3 is 0 Å². The van der Waals surface area contributed by atoms with Crippen LogP contribution in [0.3, 0.4) is 0 Å². The number of halogens is 1. The Labute approximate surface area is 128 Å². The van der Waals surface area contributed by atoms with E-state index in [2.05, 4.69) is 0 Å². The fraction of sp³-hybridized carbons (Fsp3) is 0.176. The average Bonchev–Trinajstić information content (AvgIpc) is 2.50. The van der Waals surface area contributed by atoms with Crippen molar-refractivity contribution in [2.24, 2.45) is 0 Å². The molecule has 3 nitrogen and oxygen atoms in total. The normalized spacial score (nSPS) is 11.5. The molecule has 2 rings (SSSR count). The third-order valence-electron chi connectivity index (χ3n) is 3.30. The molecule has 0 radical (unpaired) electrons. The number of carbonyl (C=O) groups is 1. The molecule has 2 aromatic rings. The summed E-state index contributed by atoms with van der Waals surface area (Å²) in [4.78, 5) is 12.6. The van der Waals surface area contributed by atoms with E-state index in [1.165, 1.54) is 0 Å². The molecule has 0 aliphatic heterocycles. The van der Waals surface area contributed by atoms with Gasteiger partial charge in [0.05, 0.1) is 13.2 Å². The van der Waals surface area contributed by atoms with Gasteiger partial charge in [0.25, 0.3) is 0 Å². The Kier molecular flexibility index (Phi) is 4.62. The van der Waals surface area contributed by atoms with Crippen LogP contribution in [0.5, 0.6) is 5.75 Å². The maximum Gasteiger partial charge on any atom is 0.184 e. The maximum atomic E-state index is 12.6. The van der Waals surface area contributed by atoms with E-state index in [4.69, 9.17) is 16.3 Å². The van der Waals surface area contributed by atoms with Crippen LogP contribution in [0.1, 0.15) is 27.4 Å². The van der Waals surface area contributed by atoms with Crippen LogP contribution in [-0.2, 0) is 0 Å². The zero-order valence-corrected chi connectivity index (χ0v) is 12.5. The number of rotatable bonds is 4. The number of hydrogen-bond donors (Lipinski definition) is 0. The molecule has 0 amide bonds. The molecule has 0 saturated heterocycles. The molecule has 1 unspecified atom stereocenters. The van der Waals surface area contributed by atoms with Gasteiger partial charge in [0.1, 0.15) is 11.7 Å². The third-order valence-corrected chi connectivity index (χ3v) is 3.64. The second-order valence-electron chi connectivity index (χ2n) is 4.63. The van der Waals surface area contributed by atoms with E-state index < -0.39 is 5.92 Å². The van der Waals surface area contributed by atoms with Crippen molar-refractivity contribution in [1.29, 1.82) is 5.26 Å². The summed E-state index contributed by atoms with van der Waals surface area (Å²) in [5.41, 5.74) is 1.88. The molecular formula is C17H14ClNO2. The van der Waals surface area contributed by atoms with Gasteiger partial charge in [-0.1, -0.05) is 41.9 Å². The molecule has 0 aliphatic carbocycles. The van der Waals surface area contributed by atoms with Crippen molar-refractivity contribution in [3.8, 4) is 11.8 Å². The van der Waals surface area contributed by atoms with Crippen molar-refractivity contribution in [2.45, 2.75) is 12.8 Å². The van der Waals surface area contributed by atoms with Crippen molar-refractivity contribution in [3.63, 3.8) is 0 Å². The lowest BCUT2D eigenvalue weighted by molar-refractivity contribution is 0.0978. The number of ketones is 1. The molecule has 0 aliphatic rings. The number of ether oxygens (including phenoxy) is 1. The quantitative estimate of drug-likeness (QED) is 0.797. The number of Topliss-reactive ketones (excluding diaryl/α,β-unsaturated/α-hetero) is 1. The molecule has 2 aromatic carbocycles. The molecule has 106 valence electrons. The van der Waals surface area contributed by atoms with Gasteiger partial charge in [-0.3, -0.25) is 4.79 Å². The first-order chi connectivity index (χ1) is 10.1. The molecular weight excluding hydrogens is 286 g/mol. The number of methoxy groups -OCH3 is 1. The zero-order chi connectivity index (χ0) is 15.4. The van der Waals surface area contributed by atoms with Gasteiger partial charge in [0.2, 0.25) is 0 Å². The van der Waals surface area contributed by atoms with Gasteiger partial charge in [-0.25, -0.2) is 0 Å². The van der Waals surface area contributed by atoms with Gasteiger partial charge in [-0.15, -0.1) is 0 Å². The molecule has 0 fully saturated rings. The Balaban J connectivity index is 2.43. The van der Waals surface area contributed by atoms with Crippen LogP contribution < -0.4 is 4.74 Å². The highest BCUT2D eigenvalue weighted by Crippen LogP contribution is 2.28. The van der Waals surface area contributed by atoms with Gasteiger partial charge in [-0.05, 0) is 30.2 Å². The molecule has 0 N–H and O–H groups in total. The Morgan fingerprint density at radius 2 is 2.00 bits per heavy atom. The van der Waals surface area contributed by atoms with Crippen molar-refractivity contribution in [1.82, 2.24) is 0 Å². The highest BCUT2D eigenvalue weighted by atomic mass is 35.5. The standard InChI is InChI=1S/C17H14ClNO2/c1-11-7-8-12(9-16(11)21-2)17(20)14(10-19)13-5-3-4-6-15(13)18/h3-9,14H,1-2H3. The summed E-state index contributed by atoms with van der Waals surface area (Å²) < 4.78 is 5.22. The van der Waals surface area contributed by atoms with Crippen LogP contribution in [-0.4, -0.2) is 12.9 Å². The van der Waals surface area contributed by atoms with E-state index in [-0.39, 0.29) is 5.78 Å². The summed E-state index contributed by atoms with van der Waals surface area (Å²) in [6.45, 7) is 1.89. The Morgan fingerprint density at radius 1 is 1.29 bits per heavy atom. The summed E-state index contributed by atoms with van der Waals surface area (Å²) in [5.74, 6) is -0.591. The first-order valence-electron chi connectivity index (χ1n) is 6.41. The highest BCUT2D eigenvalue weighted by molar-refractivity contribution is 6.31. The van der Waals surface area contributed by atoms with Crippen molar-refractivity contribution >= 4 is 17.4 Å². The molecule has 21 heavy (non-hydrogen) atoms. The minimum atomic E-state index is -0.925. The summed E-state index contributed by atoms with van der Waals surface area (Å²) >= 11 is 6.09. The number of nitriles is 1. The number of hydrogen-bond acceptors (Lipinski definition) is 3. The number of nitrogens with zero attached hydrogens (tertiary/aromatic N) is 1. The van der Waals surface area contributed by atoms with E-state index in [1.54, 1.807) is 49.6 Å². The van der Waals surface area contributed by atoms with Crippen LogP contribution in [0.4, 0.5) is 0 Å². The van der Waals surface area contributed by atoms with Crippen LogP contribution in [0.15, 0.2) is 42.5 Å². The van der Waals surface area contributed by atoms with E-state index in [9.17, 15) is 10.1 Å².